The number of thiophene rings is 1. The summed E-state index contributed by atoms with van der Waals surface area (Å²) in [4.78, 5) is 40.1. The summed E-state index contributed by atoms with van der Waals surface area (Å²) in [5, 5.41) is 16.0. The maximum Gasteiger partial charge on any atom is 0.265 e. The van der Waals surface area contributed by atoms with Crippen LogP contribution in [0.15, 0.2) is 42.5 Å². The zero-order valence-electron chi connectivity index (χ0n) is 21.4. The van der Waals surface area contributed by atoms with Crippen molar-refractivity contribution >= 4 is 44.8 Å². The molecular formula is C28H33N3O5S. The van der Waals surface area contributed by atoms with Gasteiger partial charge in [0.1, 0.15) is 11.5 Å². The second-order valence-corrected chi connectivity index (χ2v) is 10.4. The van der Waals surface area contributed by atoms with E-state index in [2.05, 4.69) is 10.6 Å². The lowest BCUT2D eigenvalue weighted by atomic mass is 10.0. The molecule has 3 aromatic rings. The fourth-order valence-corrected chi connectivity index (χ4v) is 5.57. The van der Waals surface area contributed by atoms with Crippen LogP contribution >= 0.6 is 11.3 Å². The molecule has 1 fully saturated rings. The number of likely N-dealkylation sites (tertiary alicyclic amines) is 1. The van der Waals surface area contributed by atoms with Crippen molar-refractivity contribution in [2.75, 3.05) is 25.0 Å². The summed E-state index contributed by atoms with van der Waals surface area (Å²) in [5.74, 6) is -0.182. The van der Waals surface area contributed by atoms with E-state index in [1.807, 2.05) is 51.1 Å². The Hall–Kier alpha value is -3.43. The molecular weight excluding hydrogens is 490 g/mol. The van der Waals surface area contributed by atoms with Gasteiger partial charge in [0.25, 0.3) is 11.8 Å². The second-order valence-electron chi connectivity index (χ2n) is 9.39. The summed E-state index contributed by atoms with van der Waals surface area (Å²) in [5.41, 5.74) is 2.24. The number of rotatable bonds is 8. The van der Waals surface area contributed by atoms with E-state index in [1.54, 1.807) is 17.0 Å². The minimum absolute atomic E-state index is 0.0701. The van der Waals surface area contributed by atoms with Gasteiger partial charge in [-0.05, 0) is 62.9 Å². The number of hydrogen-bond donors (Lipinski definition) is 3. The van der Waals surface area contributed by atoms with Crippen molar-refractivity contribution in [3.05, 3.63) is 58.5 Å². The van der Waals surface area contributed by atoms with Gasteiger partial charge < -0.3 is 25.4 Å². The average Bonchev–Trinajstić information content (AvgIpc) is 3.25. The number of nitrogens with one attached hydrogen (secondary N) is 2. The summed E-state index contributed by atoms with van der Waals surface area (Å²) < 4.78 is 7.06. The molecule has 1 aliphatic heterocycles. The second kappa shape index (κ2) is 11.7. The Kier molecular flexibility index (Phi) is 8.45. The van der Waals surface area contributed by atoms with E-state index >= 15 is 0 Å². The molecule has 0 saturated carbocycles. The van der Waals surface area contributed by atoms with Crippen LogP contribution in [0, 0.1) is 0 Å². The zero-order chi connectivity index (χ0) is 26.5. The minimum atomic E-state index is -0.498. The van der Waals surface area contributed by atoms with E-state index < -0.39 is 6.61 Å². The molecule has 3 N–H and O–H groups in total. The van der Waals surface area contributed by atoms with Crippen LogP contribution in [-0.4, -0.2) is 59.6 Å². The molecule has 37 heavy (non-hydrogen) atoms. The summed E-state index contributed by atoms with van der Waals surface area (Å²) in [7, 11) is 0. The number of amides is 3. The number of aliphatic hydroxyl groups excluding tert-OH is 1. The maximum atomic E-state index is 13.4. The SMILES string of the molecule is CCc1cc2sc(C(=O)NC3CCN(C(=O)CO)CC3)c(OC(C)C)c2cc1NC(=O)c1ccccc1. The van der Waals surface area contributed by atoms with Gasteiger partial charge in [-0.15, -0.1) is 11.3 Å². The van der Waals surface area contributed by atoms with Crippen molar-refractivity contribution in [2.24, 2.45) is 0 Å². The number of piperidine rings is 1. The highest BCUT2D eigenvalue weighted by Crippen LogP contribution is 2.41. The first-order valence-corrected chi connectivity index (χ1v) is 13.4. The molecule has 0 aliphatic carbocycles. The third kappa shape index (κ3) is 6.11. The topological polar surface area (TPSA) is 108 Å². The molecule has 1 aromatic heterocycles. The van der Waals surface area contributed by atoms with Crippen LogP contribution in [0.4, 0.5) is 5.69 Å². The number of aryl methyl sites for hydroxylation is 1. The molecule has 8 nitrogen and oxygen atoms in total. The lowest BCUT2D eigenvalue weighted by Gasteiger charge is -2.32. The van der Waals surface area contributed by atoms with E-state index in [-0.39, 0.29) is 29.9 Å². The molecule has 0 bridgehead atoms. The van der Waals surface area contributed by atoms with Crippen LogP contribution in [0.2, 0.25) is 0 Å². The van der Waals surface area contributed by atoms with Crippen molar-refractivity contribution in [2.45, 2.75) is 52.2 Å². The van der Waals surface area contributed by atoms with Crippen molar-refractivity contribution in [1.82, 2.24) is 10.2 Å². The smallest absolute Gasteiger partial charge is 0.265 e. The number of ether oxygens (including phenoxy) is 1. The predicted octanol–water partition coefficient (Wildman–Crippen LogP) is 4.22. The number of anilines is 1. The quantitative estimate of drug-likeness (QED) is 0.410. The largest absolute Gasteiger partial charge is 0.489 e. The van der Waals surface area contributed by atoms with Gasteiger partial charge in [-0.25, -0.2) is 0 Å². The Balaban J connectivity index is 1.61. The van der Waals surface area contributed by atoms with Gasteiger partial charge in [-0.2, -0.15) is 0 Å². The van der Waals surface area contributed by atoms with E-state index in [9.17, 15) is 14.4 Å². The Morgan fingerprint density at radius 3 is 2.43 bits per heavy atom. The first-order valence-electron chi connectivity index (χ1n) is 12.6. The molecule has 2 aromatic carbocycles. The first-order chi connectivity index (χ1) is 17.8. The lowest BCUT2D eigenvalue weighted by Crippen LogP contribution is -2.47. The van der Waals surface area contributed by atoms with Crippen LogP contribution in [0.5, 0.6) is 5.75 Å². The zero-order valence-corrected chi connectivity index (χ0v) is 22.2. The van der Waals surface area contributed by atoms with Gasteiger partial charge in [0.2, 0.25) is 5.91 Å². The van der Waals surface area contributed by atoms with Crippen LogP contribution < -0.4 is 15.4 Å². The van der Waals surface area contributed by atoms with Crippen LogP contribution in [0.1, 0.15) is 59.2 Å². The molecule has 4 rings (SSSR count). The standard InChI is InChI=1S/C28H33N3O5S/c1-4-18-14-23-21(15-22(18)30-27(34)19-8-6-5-7-9-19)25(36-17(2)3)26(37-23)28(35)29-20-10-12-31(13-11-20)24(33)16-32/h5-9,14-15,17,20,32H,4,10-13,16H2,1-3H3,(H,29,35)(H,30,34). The first kappa shape index (κ1) is 26.6. The molecule has 3 amide bonds. The summed E-state index contributed by atoms with van der Waals surface area (Å²) >= 11 is 1.38. The number of aliphatic hydroxyl groups is 1. The van der Waals surface area contributed by atoms with E-state index in [4.69, 9.17) is 9.84 Å². The van der Waals surface area contributed by atoms with Gasteiger partial charge in [0.05, 0.1) is 6.10 Å². The minimum Gasteiger partial charge on any atom is -0.489 e. The van der Waals surface area contributed by atoms with Gasteiger partial charge in [-0.1, -0.05) is 25.1 Å². The highest BCUT2D eigenvalue weighted by atomic mass is 32.1. The van der Waals surface area contributed by atoms with Crippen LogP contribution in [0.25, 0.3) is 10.1 Å². The number of carbonyl (C=O) groups is 3. The van der Waals surface area contributed by atoms with Crippen LogP contribution in [0.3, 0.4) is 0 Å². The molecule has 0 spiro atoms. The lowest BCUT2D eigenvalue weighted by molar-refractivity contribution is -0.135. The Bertz CT molecular complexity index is 1280. The molecule has 1 saturated heterocycles. The summed E-state index contributed by atoms with van der Waals surface area (Å²) in [6.45, 7) is 6.35. The Labute approximate surface area is 220 Å². The van der Waals surface area contributed by atoms with E-state index in [1.165, 1.54) is 11.3 Å². The third-order valence-corrected chi connectivity index (χ3v) is 7.54. The van der Waals surface area contributed by atoms with Crippen molar-refractivity contribution in [3.63, 3.8) is 0 Å². The maximum absolute atomic E-state index is 13.4. The molecule has 0 atom stereocenters. The highest BCUT2D eigenvalue weighted by Gasteiger charge is 2.27. The third-order valence-electron chi connectivity index (χ3n) is 6.41. The molecule has 0 radical (unpaired) electrons. The molecule has 196 valence electrons. The molecule has 0 unspecified atom stereocenters. The molecule has 9 heteroatoms. The van der Waals surface area contributed by atoms with Gasteiger partial charge >= 0.3 is 0 Å². The monoisotopic (exact) mass is 523 g/mol. The number of nitrogens with zero attached hydrogens (tertiary/aromatic N) is 1. The average molecular weight is 524 g/mol. The molecule has 1 aliphatic rings. The van der Waals surface area contributed by atoms with E-state index in [0.29, 0.717) is 54.2 Å². The molecule has 2 heterocycles. The van der Waals surface area contributed by atoms with Crippen molar-refractivity contribution in [1.29, 1.82) is 0 Å². The van der Waals surface area contributed by atoms with Gasteiger partial charge in [-0.3, -0.25) is 14.4 Å². The fraction of sp³-hybridized carbons (Fsp3) is 0.393. The highest BCUT2D eigenvalue weighted by molar-refractivity contribution is 7.21. The normalized spacial score (nSPS) is 14.1. The summed E-state index contributed by atoms with van der Waals surface area (Å²) in [6.07, 6.45) is 1.81. The van der Waals surface area contributed by atoms with Gasteiger partial charge in [0, 0.05) is 40.5 Å². The van der Waals surface area contributed by atoms with Crippen molar-refractivity contribution in [3.8, 4) is 5.75 Å². The number of carbonyl (C=O) groups excluding carboxylic acids is 3. The number of benzene rings is 2. The summed E-state index contributed by atoms with van der Waals surface area (Å²) in [6, 6.07) is 12.9. The van der Waals surface area contributed by atoms with Crippen molar-refractivity contribution < 1.29 is 24.2 Å². The fourth-order valence-electron chi connectivity index (χ4n) is 4.48. The van der Waals surface area contributed by atoms with E-state index in [0.717, 1.165) is 15.6 Å². The Morgan fingerprint density at radius 2 is 1.81 bits per heavy atom. The number of hydrogen-bond acceptors (Lipinski definition) is 6. The van der Waals surface area contributed by atoms with Crippen LogP contribution in [-0.2, 0) is 11.2 Å². The predicted molar refractivity (Wildman–Crippen MR) is 146 cm³/mol. The Morgan fingerprint density at radius 1 is 1.11 bits per heavy atom. The number of fused-ring (bicyclic) bond motifs is 1. The van der Waals surface area contributed by atoms with Gasteiger partial charge in [0.15, 0.2) is 5.75 Å².